The van der Waals surface area contributed by atoms with Crippen LogP contribution in [0.1, 0.15) is 5.56 Å². The van der Waals surface area contributed by atoms with E-state index in [2.05, 4.69) is 20.9 Å². The summed E-state index contributed by atoms with van der Waals surface area (Å²) in [5, 5.41) is 0.471. The molecule has 1 aromatic heterocycles. The Balaban J connectivity index is 2.73. The predicted octanol–water partition coefficient (Wildman–Crippen LogP) is 4.02. The third-order valence-electron chi connectivity index (χ3n) is 1.99. The molecule has 5 heteroatoms. The number of hydrogen-bond donors (Lipinski definition) is 0. The van der Waals surface area contributed by atoms with E-state index in [1.54, 1.807) is 18.3 Å². The van der Waals surface area contributed by atoms with Crippen molar-refractivity contribution in [3.8, 4) is 0 Å². The molecule has 0 saturated carbocycles. The van der Waals surface area contributed by atoms with E-state index in [1.807, 2.05) is 0 Å². The number of nitrogens with zero attached hydrogens (tertiary/aromatic N) is 1. The molecular weight excluding hydrogens is 271 g/mol. The summed E-state index contributed by atoms with van der Waals surface area (Å²) in [6, 6.07) is 5.33. The molecule has 0 spiro atoms. The van der Waals surface area contributed by atoms with Crippen LogP contribution in [0, 0.1) is 0 Å². The normalized spacial score (nSPS) is 12.0. The highest BCUT2D eigenvalue weighted by Crippen LogP contribution is 2.34. The van der Waals surface area contributed by atoms with Crippen LogP contribution in [0.3, 0.4) is 0 Å². The maximum absolute atomic E-state index is 12.5. The molecular formula is C10H5BrF3N. The number of fused-ring (bicyclic) bond motifs is 1. The van der Waals surface area contributed by atoms with Crippen LogP contribution in [0.25, 0.3) is 10.9 Å². The van der Waals surface area contributed by atoms with E-state index in [1.165, 1.54) is 0 Å². The molecule has 15 heavy (non-hydrogen) atoms. The smallest absolute Gasteiger partial charge is 0.255 e. The maximum Gasteiger partial charge on any atom is 0.416 e. The average molecular weight is 276 g/mol. The molecule has 0 bridgehead atoms. The molecule has 0 aliphatic carbocycles. The summed E-state index contributed by atoms with van der Waals surface area (Å²) in [6.07, 6.45) is -2.78. The molecule has 0 atom stereocenters. The second-order valence-corrected chi connectivity index (χ2v) is 3.89. The molecule has 0 N–H and O–H groups in total. The molecule has 0 aliphatic heterocycles. The van der Waals surface area contributed by atoms with Gasteiger partial charge >= 0.3 is 6.18 Å². The monoisotopic (exact) mass is 275 g/mol. The summed E-state index contributed by atoms with van der Waals surface area (Å²) in [5.41, 5.74) is -0.139. The van der Waals surface area contributed by atoms with Gasteiger partial charge in [0.15, 0.2) is 0 Å². The highest BCUT2D eigenvalue weighted by atomic mass is 79.9. The fraction of sp³-hybridized carbons (Fsp3) is 0.100. The Morgan fingerprint density at radius 1 is 1.20 bits per heavy atom. The molecule has 0 unspecified atom stereocenters. The molecule has 1 nitrogen and oxygen atoms in total. The van der Waals surface area contributed by atoms with Gasteiger partial charge in [-0.05, 0) is 34.1 Å². The summed E-state index contributed by atoms with van der Waals surface area (Å²) in [6.45, 7) is 0. The Bertz CT molecular complexity index is 507. The molecule has 2 rings (SSSR count). The number of benzene rings is 1. The van der Waals surface area contributed by atoms with E-state index < -0.39 is 11.7 Å². The van der Waals surface area contributed by atoms with Gasteiger partial charge in [-0.1, -0.05) is 6.07 Å². The van der Waals surface area contributed by atoms with Crippen LogP contribution in [0.15, 0.2) is 34.9 Å². The fourth-order valence-electron chi connectivity index (χ4n) is 1.31. The van der Waals surface area contributed by atoms with Crippen LogP contribution in [-0.2, 0) is 6.18 Å². The van der Waals surface area contributed by atoms with Gasteiger partial charge in [0.25, 0.3) is 0 Å². The van der Waals surface area contributed by atoms with Crippen LogP contribution in [0.5, 0.6) is 0 Å². The lowest BCUT2D eigenvalue weighted by molar-refractivity contribution is -0.137. The summed E-state index contributed by atoms with van der Waals surface area (Å²) in [7, 11) is 0. The molecule has 2 aromatic rings. The van der Waals surface area contributed by atoms with Crippen molar-refractivity contribution in [3.05, 3.63) is 40.5 Å². The first-order valence-electron chi connectivity index (χ1n) is 4.10. The second kappa shape index (κ2) is 3.48. The van der Waals surface area contributed by atoms with Gasteiger partial charge < -0.3 is 0 Å². The van der Waals surface area contributed by atoms with E-state index in [-0.39, 0.29) is 0 Å². The highest BCUT2D eigenvalue weighted by molar-refractivity contribution is 9.10. The SMILES string of the molecule is FC(F)(F)c1cc(Br)c2ncccc2c1. The first kappa shape index (κ1) is 10.4. The van der Waals surface area contributed by atoms with Crippen LogP contribution in [0.2, 0.25) is 0 Å². The molecule has 0 aliphatic rings. The highest BCUT2D eigenvalue weighted by Gasteiger charge is 2.31. The van der Waals surface area contributed by atoms with Crippen molar-refractivity contribution in [2.75, 3.05) is 0 Å². The number of aromatic nitrogens is 1. The van der Waals surface area contributed by atoms with E-state index in [4.69, 9.17) is 0 Å². The zero-order chi connectivity index (χ0) is 11.1. The zero-order valence-corrected chi connectivity index (χ0v) is 8.93. The number of alkyl halides is 3. The van der Waals surface area contributed by atoms with Gasteiger partial charge in [0.1, 0.15) is 0 Å². The van der Waals surface area contributed by atoms with Crippen LogP contribution >= 0.6 is 15.9 Å². The lowest BCUT2D eigenvalue weighted by atomic mass is 10.1. The van der Waals surface area contributed by atoms with Crippen molar-refractivity contribution >= 4 is 26.8 Å². The Morgan fingerprint density at radius 3 is 2.60 bits per heavy atom. The Labute approximate surface area is 92.1 Å². The molecule has 0 saturated heterocycles. The fourth-order valence-corrected chi connectivity index (χ4v) is 1.89. The summed E-state index contributed by atoms with van der Waals surface area (Å²) in [4.78, 5) is 3.99. The molecule has 0 fully saturated rings. The minimum Gasteiger partial charge on any atom is -0.255 e. The molecule has 0 amide bonds. The second-order valence-electron chi connectivity index (χ2n) is 3.03. The van der Waals surface area contributed by atoms with Crippen LogP contribution in [0.4, 0.5) is 13.2 Å². The quantitative estimate of drug-likeness (QED) is 0.708. The largest absolute Gasteiger partial charge is 0.416 e. The topological polar surface area (TPSA) is 12.9 Å². The first-order valence-corrected chi connectivity index (χ1v) is 4.89. The van der Waals surface area contributed by atoms with Crippen molar-refractivity contribution in [2.45, 2.75) is 6.18 Å². The Kier molecular flexibility index (Phi) is 2.42. The third-order valence-corrected chi connectivity index (χ3v) is 2.59. The summed E-state index contributed by atoms with van der Waals surface area (Å²) >= 11 is 3.08. The van der Waals surface area contributed by atoms with Crippen LogP contribution < -0.4 is 0 Å². The number of pyridine rings is 1. The first-order chi connectivity index (χ1) is 6.98. The molecule has 0 radical (unpaired) electrons. The maximum atomic E-state index is 12.5. The lowest BCUT2D eigenvalue weighted by Crippen LogP contribution is -2.04. The molecule has 1 heterocycles. The van der Waals surface area contributed by atoms with Gasteiger partial charge in [-0.25, -0.2) is 0 Å². The third kappa shape index (κ3) is 1.97. The van der Waals surface area contributed by atoms with Crippen molar-refractivity contribution < 1.29 is 13.2 Å². The lowest BCUT2D eigenvalue weighted by Gasteiger charge is -2.08. The van der Waals surface area contributed by atoms with Crippen molar-refractivity contribution in [2.24, 2.45) is 0 Å². The van der Waals surface area contributed by atoms with E-state index in [9.17, 15) is 13.2 Å². The number of hydrogen-bond acceptors (Lipinski definition) is 1. The predicted molar refractivity (Wildman–Crippen MR) is 54.4 cm³/mol. The minimum atomic E-state index is -4.33. The van der Waals surface area contributed by atoms with E-state index in [0.717, 1.165) is 12.1 Å². The standard InChI is InChI=1S/C10H5BrF3N/c11-8-5-7(10(12,13)14)4-6-2-1-3-15-9(6)8/h1-5H. The van der Waals surface area contributed by atoms with Crippen LogP contribution in [-0.4, -0.2) is 4.98 Å². The Morgan fingerprint density at radius 2 is 1.93 bits per heavy atom. The Hall–Kier alpha value is -1.10. The minimum absolute atomic E-state index is 0.355. The van der Waals surface area contributed by atoms with Gasteiger partial charge in [0.2, 0.25) is 0 Å². The van der Waals surface area contributed by atoms with E-state index in [0.29, 0.717) is 15.4 Å². The van der Waals surface area contributed by atoms with Crippen molar-refractivity contribution in [3.63, 3.8) is 0 Å². The zero-order valence-electron chi connectivity index (χ0n) is 7.35. The van der Waals surface area contributed by atoms with Gasteiger partial charge in [0, 0.05) is 16.1 Å². The van der Waals surface area contributed by atoms with Crippen molar-refractivity contribution in [1.82, 2.24) is 4.98 Å². The number of halogens is 4. The van der Waals surface area contributed by atoms with Crippen molar-refractivity contribution in [1.29, 1.82) is 0 Å². The van der Waals surface area contributed by atoms with Gasteiger partial charge in [0.05, 0.1) is 11.1 Å². The van der Waals surface area contributed by atoms with Gasteiger partial charge in [-0.3, -0.25) is 4.98 Å². The summed E-state index contributed by atoms with van der Waals surface area (Å²) in [5.74, 6) is 0. The molecule has 78 valence electrons. The van der Waals surface area contributed by atoms with E-state index >= 15 is 0 Å². The average Bonchev–Trinajstić information content (AvgIpc) is 2.16. The summed E-state index contributed by atoms with van der Waals surface area (Å²) < 4.78 is 37.7. The number of rotatable bonds is 0. The van der Waals surface area contributed by atoms with Gasteiger partial charge in [-0.2, -0.15) is 13.2 Å². The molecule has 1 aromatic carbocycles. The van der Waals surface area contributed by atoms with Gasteiger partial charge in [-0.15, -0.1) is 0 Å².